The number of halogens is 3. The third kappa shape index (κ3) is 9.03. The first-order chi connectivity index (χ1) is 30.7. The van der Waals surface area contributed by atoms with Gasteiger partial charge in [-0.2, -0.15) is 13.2 Å². The number of nitrogens with one attached hydrogen (secondary N) is 2. The summed E-state index contributed by atoms with van der Waals surface area (Å²) in [5.74, 6) is -3.28. The maximum atomic E-state index is 14.3. The van der Waals surface area contributed by atoms with Crippen molar-refractivity contribution in [3.63, 3.8) is 0 Å². The van der Waals surface area contributed by atoms with E-state index in [-0.39, 0.29) is 37.8 Å². The minimum absolute atomic E-state index is 0.188. The molecule has 0 radical (unpaired) electrons. The smallest absolute Gasteiger partial charge is 0.416 e. The Labute approximate surface area is 376 Å². The number of primary amides is 2. The van der Waals surface area contributed by atoms with Crippen molar-refractivity contribution in [1.29, 1.82) is 0 Å². The number of rotatable bonds is 13. The molecule has 0 aromatic heterocycles. The lowest BCUT2D eigenvalue weighted by molar-refractivity contribution is -0.146. The van der Waals surface area contributed by atoms with Gasteiger partial charge in [-0.3, -0.25) is 19.2 Å². The number of carbonyl (C=O) groups is 6. The molecule has 6 amide bonds. The monoisotopic (exact) mass is 905 g/mol. The van der Waals surface area contributed by atoms with Crippen LogP contribution in [0.4, 0.5) is 28.4 Å². The van der Waals surface area contributed by atoms with Gasteiger partial charge in [0.2, 0.25) is 23.6 Å². The van der Waals surface area contributed by atoms with Crippen LogP contribution >= 0.6 is 0 Å². The molecule has 0 spiro atoms. The van der Waals surface area contributed by atoms with Crippen LogP contribution in [-0.4, -0.2) is 85.0 Å². The van der Waals surface area contributed by atoms with Gasteiger partial charge in [0.05, 0.1) is 31.9 Å². The highest BCUT2D eigenvalue weighted by Gasteiger charge is 2.54. The molecule has 3 fully saturated rings. The van der Waals surface area contributed by atoms with Crippen molar-refractivity contribution >= 4 is 41.5 Å². The minimum atomic E-state index is -4.59. The molecule has 3 aromatic carbocycles. The van der Waals surface area contributed by atoms with Gasteiger partial charge >= 0.3 is 18.4 Å². The number of methoxy groups -OCH3 is 2. The number of nitrogens with zero attached hydrogens (tertiary/aromatic N) is 3. The summed E-state index contributed by atoms with van der Waals surface area (Å²) in [4.78, 5) is 85.4. The van der Waals surface area contributed by atoms with E-state index in [4.69, 9.17) is 20.9 Å². The molecule has 0 saturated carbocycles. The van der Waals surface area contributed by atoms with Crippen molar-refractivity contribution in [2.45, 2.75) is 108 Å². The highest BCUT2D eigenvalue weighted by atomic mass is 19.4. The van der Waals surface area contributed by atoms with Gasteiger partial charge in [-0.15, -0.1) is 0 Å². The Kier molecular flexibility index (Phi) is 14.1. The van der Waals surface area contributed by atoms with Crippen molar-refractivity contribution in [2.75, 3.05) is 32.2 Å². The Balaban J connectivity index is 1.43. The van der Waals surface area contributed by atoms with Crippen molar-refractivity contribution in [1.82, 2.24) is 20.4 Å². The molecule has 3 aliphatic rings. The van der Waals surface area contributed by atoms with Gasteiger partial charge in [0.1, 0.15) is 23.2 Å². The lowest BCUT2D eigenvalue weighted by Crippen LogP contribution is -2.59. The molecule has 18 heteroatoms. The van der Waals surface area contributed by atoms with Crippen molar-refractivity contribution in [3.05, 3.63) is 101 Å². The van der Waals surface area contributed by atoms with E-state index in [1.807, 2.05) is 29.2 Å². The van der Waals surface area contributed by atoms with Gasteiger partial charge in [0.15, 0.2) is 0 Å². The molecule has 0 aliphatic carbocycles. The Morgan fingerprint density at radius 1 is 0.662 bits per heavy atom. The van der Waals surface area contributed by atoms with Crippen LogP contribution < -0.4 is 27.0 Å². The van der Waals surface area contributed by atoms with E-state index in [1.54, 1.807) is 52.0 Å². The summed E-state index contributed by atoms with van der Waals surface area (Å²) in [6, 6.07) is 16.1. The number of alkyl halides is 3. The largest absolute Gasteiger partial charge is 0.453 e. The van der Waals surface area contributed by atoms with Crippen molar-refractivity contribution in [3.8, 4) is 0 Å². The Bertz CT molecular complexity index is 2160. The maximum absolute atomic E-state index is 14.3. The number of likely N-dealkylation sites (tertiary alicyclic amines) is 2. The highest BCUT2D eigenvalue weighted by molar-refractivity contribution is 5.96. The number of carbonyl (C=O) groups excluding carboxylic acids is 6. The third-order valence-corrected chi connectivity index (χ3v) is 13.3. The fourth-order valence-electron chi connectivity index (χ4n) is 10.0. The van der Waals surface area contributed by atoms with E-state index in [2.05, 4.69) is 10.6 Å². The first kappa shape index (κ1) is 48.1. The van der Waals surface area contributed by atoms with E-state index < -0.39 is 82.8 Å². The van der Waals surface area contributed by atoms with Gasteiger partial charge in [-0.1, -0.05) is 76.2 Å². The molecule has 6 rings (SSSR count). The van der Waals surface area contributed by atoms with Crippen molar-refractivity contribution in [2.24, 2.45) is 23.3 Å². The predicted octanol–water partition coefficient (Wildman–Crippen LogP) is 6.16. The summed E-state index contributed by atoms with van der Waals surface area (Å²) < 4.78 is 51.2. The topological polar surface area (TPSA) is 207 Å². The van der Waals surface area contributed by atoms with E-state index in [0.717, 1.165) is 12.1 Å². The summed E-state index contributed by atoms with van der Waals surface area (Å²) in [6.45, 7) is 7.41. The second-order valence-corrected chi connectivity index (χ2v) is 17.7. The lowest BCUT2D eigenvalue weighted by atomic mass is 9.83. The van der Waals surface area contributed by atoms with Crippen LogP contribution in [0.1, 0.15) is 106 Å². The molecule has 3 heterocycles. The lowest BCUT2D eigenvalue weighted by Gasteiger charge is -2.40. The minimum Gasteiger partial charge on any atom is -0.453 e. The van der Waals surface area contributed by atoms with Crippen LogP contribution in [0.3, 0.4) is 0 Å². The maximum Gasteiger partial charge on any atom is 0.416 e. The molecule has 0 bridgehead atoms. The zero-order chi connectivity index (χ0) is 47.6. The first-order valence-electron chi connectivity index (χ1n) is 21.8. The van der Waals surface area contributed by atoms with E-state index in [9.17, 15) is 41.9 Å². The molecule has 6 N–H and O–H groups in total. The number of ether oxygens (including phenoxy) is 2. The second-order valence-electron chi connectivity index (χ2n) is 17.7. The number of nitrogens with two attached hydrogens (primary N) is 2. The second kappa shape index (κ2) is 19.0. The summed E-state index contributed by atoms with van der Waals surface area (Å²) >= 11 is 0. The quantitative estimate of drug-likeness (QED) is 0.155. The fourth-order valence-corrected chi connectivity index (χ4v) is 10.0. The number of benzene rings is 3. The fraction of sp³-hybridized carbons (Fsp3) is 0.489. The zero-order valence-corrected chi connectivity index (χ0v) is 37.4. The summed E-state index contributed by atoms with van der Waals surface area (Å²) in [6.07, 6.45) is -3.92. The Morgan fingerprint density at radius 3 is 1.40 bits per heavy atom. The molecule has 15 nitrogen and oxygen atoms in total. The van der Waals surface area contributed by atoms with Gasteiger partial charge in [-0.05, 0) is 96.9 Å². The highest BCUT2D eigenvalue weighted by Crippen LogP contribution is 2.50. The molecule has 6 atom stereocenters. The molecule has 3 aromatic rings. The number of hydrogen-bond donors (Lipinski definition) is 4. The van der Waals surface area contributed by atoms with Crippen LogP contribution in [0.25, 0.3) is 0 Å². The molecule has 3 aliphatic heterocycles. The van der Waals surface area contributed by atoms with Gasteiger partial charge in [-0.25, -0.2) is 9.59 Å². The van der Waals surface area contributed by atoms with Gasteiger partial charge in [0, 0.05) is 18.8 Å². The molecular weight excluding hydrogens is 848 g/mol. The van der Waals surface area contributed by atoms with Crippen molar-refractivity contribution < 1.29 is 51.4 Å². The summed E-state index contributed by atoms with van der Waals surface area (Å²) in [5, 5.41) is 5.19. The number of anilines is 1. The average Bonchev–Trinajstić information content (AvgIpc) is 4.05. The number of alkyl carbamates (subject to hydrolysis) is 2. The Hall–Kier alpha value is -6.33. The van der Waals surface area contributed by atoms with Crippen LogP contribution in [0, 0.1) is 11.8 Å². The third-order valence-electron chi connectivity index (χ3n) is 13.3. The van der Waals surface area contributed by atoms with Gasteiger partial charge < -0.3 is 46.3 Å². The van der Waals surface area contributed by atoms with E-state index in [1.165, 1.54) is 36.2 Å². The SMILES string of the molecule is COC(=O)N[C@H](C(=O)N1CCC[C@@]1(C(N)=O)c1cccc([C@H]2CC[C@H](c3cccc([C@]4(C(N)=O)CCCN4C(=O)[C@@H](NC(=O)OC)C(C)C)c3)N2c2ccc(C(F)(F)F)cc2)c1)C(C)C. The molecule has 0 unspecified atom stereocenters. The molecule has 3 saturated heterocycles. The number of amides is 6. The van der Waals surface area contributed by atoms with Crippen LogP contribution in [-0.2, 0) is 45.9 Å². The standard InChI is InChI=1S/C47H58F3N7O8/c1-27(2)37(53-43(62)64-5)39(58)55-23-9-21-45(55,41(51)60)32-13-7-11-29(25-32)35-19-20-36(57(35)34-17-15-31(16-18-34)47(48,49)50)30-12-8-14-33(26-30)46(42(52)61)22-10-24-56(46)40(59)38(28(3)4)54-44(63)65-6/h7-8,11-18,25-28,35-38H,9-10,19-24H2,1-6H3,(H2,51,60)(H2,52,61)(H,53,62)(H,54,63)/t35-,36-,37+,38+,45+,46+/m1/s1. The van der Waals surface area contributed by atoms with Crippen LogP contribution in [0.15, 0.2) is 72.8 Å². The van der Waals surface area contributed by atoms with E-state index in [0.29, 0.717) is 53.6 Å². The normalized spacial score (nSPS) is 23.0. The molecular formula is C47H58F3N7O8. The molecule has 65 heavy (non-hydrogen) atoms. The Morgan fingerprint density at radius 2 is 1.06 bits per heavy atom. The van der Waals surface area contributed by atoms with Gasteiger partial charge in [0.25, 0.3) is 0 Å². The van der Waals surface area contributed by atoms with E-state index >= 15 is 0 Å². The van der Waals surface area contributed by atoms with Crippen LogP contribution in [0.2, 0.25) is 0 Å². The summed E-state index contributed by atoms with van der Waals surface area (Å²) in [7, 11) is 2.37. The molecule has 350 valence electrons. The summed E-state index contributed by atoms with van der Waals surface area (Å²) in [5.41, 5.74) is 11.2. The average molecular weight is 906 g/mol. The number of hydrogen-bond acceptors (Lipinski definition) is 9. The zero-order valence-electron chi connectivity index (χ0n) is 37.4. The predicted molar refractivity (Wildman–Crippen MR) is 233 cm³/mol. The van der Waals surface area contributed by atoms with Crippen LogP contribution in [0.5, 0.6) is 0 Å². The first-order valence-corrected chi connectivity index (χ1v) is 21.8.